The predicted molar refractivity (Wildman–Crippen MR) is 204 cm³/mol. The van der Waals surface area contributed by atoms with Gasteiger partial charge in [0.25, 0.3) is 6.47 Å². The molecule has 1 amide bonds. The van der Waals surface area contributed by atoms with Gasteiger partial charge in [-0.3, -0.25) is 14.4 Å². The molecule has 0 radical (unpaired) electrons. The summed E-state index contributed by atoms with van der Waals surface area (Å²) in [5, 5.41) is 12.0. The van der Waals surface area contributed by atoms with E-state index in [4.69, 9.17) is 55.8 Å². The van der Waals surface area contributed by atoms with Gasteiger partial charge in [0, 0.05) is 57.9 Å². The zero-order valence-corrected chi connectivity index (χ0v) is 41.1. The third-order valence-electron chi connectivity index (χ3n) is 4.37. The number of nitrogens with zero attached hydrogens (tertiary/aromatic N) is 1. The van der Waals surface area contributed by atoms with Crippen LogP contribution < -0.4 is 119 Å². The number of hydrogen-bond donors (Lipinski definition) is 2. The molecular formula is C34H65BrClK2N3O11. The van der Waals surface area contributed by atoms with Gasteiger partial charge < -0.3 is 55.9 Å². The van der Waals surface area contributed by atoms with Gasteiger partial charge in [0.15, 0.2) is 0 Å². The van der Waals surface area contributed by atoms with E-state index in [9.17, 15) is 9.59 Å². The molecule has 0 aromatic carbocycles. The Bertz CT molecular complexity index is 746. The Balaban J connectivity index is -0.0000000667. The van der Waals surface area contributed by atoms with Crippen LogP contribution in [0, 0.1) is 0 Å². The van der Waals surface area contributed by atoms with Crippen LogP contribution in [0.25, 0.3) is 0 Å². The Labute approximate surface area is 414 Å². The van der Waals surface area contributed by atoms with Gasteiger partial charge >= 0.3 is 103 Å². The van der Waals surface area contributed by atoms with Crippen LogP contribution in [0.5, 0.6) is 0 Å². The summed E-state index contributed by atoms with van der Waals surface area (Å²) in [7, 11) is 0. The Morgan fingerprint density at radius 2 is 1.17 bits per heavy atom. The van der Waals surface area contributed by atoms with Crippen molar-refractivity contribution in [2.45, 2.75) is 20.8 Å². The minimum absolute atomic E-state index is 0. The molecule has 0 fully saturated rings. The molecule has 298 valence electrons. The third-order valence-corrected chi connectivity index (χ3v) is 4.85. The Hall–Kier alpha value is 0.993. The average Bonchev–Trinajstić information content (AvgIpc) is 3.14. The topological polar surface area (TPSA) is 180 Å². The van der Waals surface area contributed by atoms with Gasteiger partial charge in [-0.05, 0) is 44.5 Å². The Kier molecular flexibility index (Phi) is 104. The quantitative estimate of drug-likeness (QED) is 0.00944. The SMILES string of the molecule is C=CC(=O)Cl.C=CCN.C=CCN(CCOCCOCC)C(=O)C=C.C=CCNCCOCCOCC.CCOCCOCCBr.O=CO[O-].[H-].[K+].[K+]. The normalized spacial score (nSPS) is 8.60. The summed E-state index contributed by atoms with van der Waals surface area (Å²) in [6.07, 6.45) is 7.51. The summed E-state index contributed by atoms with van der Waals surface area (Å²) in [4.78, 5) is 33.7. The molecule has 0 aliphatic rings. The van der Waals surface area contributed by atoms with Crippen molar-refractivity contribution in [3.05, 3.63) is 63.3 Å². The number of alkyl halides is 1. The summed E-state index contributed by atoms with van der Waals surface area (Å²) in [6.45, 7) is 34.3. The summed E-state index contributed by atoms with van der Waals surface area (Å²) >= 11 is 7.96. The molecule has 0 aromatic rings. The van der Waals surface area contributed by atoms with Crippen molar-refractivity contribution in [2.75, 3.05) is 117 Å². The molecule has 0 aliphatic carbocycles. The van der Waals surface area contributed by atoms with E-state index in [0.717, 1.165) is 50.9 Å². The number of allylic oxidation sites excluding steroid dienone is 1. The van der Waals surface area contributed by atoms with Gasteiger partial charge in [-0.15, -0.1) is 19.7 Å². The van der Waals surface area contributed by atoms with Crippen LogP contribution in [0.3, 0.4) is 0 Å². The van der Waals surface area contributed by atoms with Crippen LogP contribution in [0.1, 0.15) is 22.2 Å². The van der Waals surface area contributed by atoms with E-state index in [-0.39, 0.29) is 117 Å². The van der Waals surface area contributed by atoms with Crippen molar-refractivity contribution < 1.29 is 157 Å². The summed E-state index contributed by atoms with van der Waals surface area (Å²) in [5.74, 6) is -0.103. The average molecular weight is 885 g/mol. The number of carbonyl (C=O) groups is 3. The minimum Gasteiger partial charge on any atom is -1.00 e. The zero-order valence-electron chi connectivity index (χ0n) is 33.5. The van der Waals surface area contributed by atoms with Gasteiger partial charge in [-0.1, -0.05) is 47.3 Å². The second-order valence-corrected chi connectivity index (χ2v) is 9.28. The van der Waals surface area contributed by atoms with Crippen molar-refractivity contribution >= 4 is 45.2 Å². The van der Waals surface area contributed by atoms with E-state index in [1.807, 2.05) is 26.8 Å². The first-order valence-electron chi connectivity index (χ1n) is 15.9. The third kappa shape index (κ3) is 93.1. The first-order chi connectivity index (χ1) is 24.2. The number of hydrogen-bond acceptors (Lipinski definition) is 13. The van der Waals surface area contributed by atoms with Crippen LogP contribution in [0.15, 0.2) is 63.3 Å². The van der Waals surface area contributed by atoms with Gasteiger partial charge in [0.05, 0.1) is 59.5 Å². The van der Waals surface area contributed by atoms with Crippen molar-refractivity contribution in [1.29, 1.82) is 0 Å². The number of nitrogens with two attached hydrogens (primary N) is 1. The summed E-state index contributed by atoms with van der Waals surface area (Å²) in [5.41, 5.74) is 4.91. The molecule has 18 heteroatoms. The van der Waals surface area contributed by atoms with E-state index < -0.39 is 5.24 Å². The smallest absolute Gasteiger partial charge is 1.00 e. The van der Waals surface area contributed by atoms with Crippen molar-refractivity contribution in [3.8, 4) is 0 Å². The fraction of sp³-hybridized carbons (Fsp3) is 0.618. The molecule has 0 saturated carbocycles. The van der Waals surface area contributed by atoms with Crippen LogP contribution in [0.4, 0.5) is 0 Å². The molecular weight excluding hydrogens is 820 g/mol. The van der Waals surface area contributed by atoms with E-state index in [1.165, 1.54) is 6.08 Å². The first kappa shape index (κ1) is 70.8. The number of amides is 1. The molecule has 3 N–H and O–H groups in total. The molecule has 0 aliphatic heterocycles. The van der Waals surface area contributed by atoms with Gasteiger partial charge in [-0.25, -0.2) is 0 Å². The van der Waals surface area contributed by atoms with E-state index in [0.29, 0.717) is 72.5 Å². The van der Waals surface area contributed by atoms with E-state index in [1.54, 1.807) is 17.1 Å². The maximum Gasteiger partial charge on any atom is 1.00 e. The predicted octanol–water partition coefficient (Wildman–Crippen LogP) is -2.89. The second-order valence-electron chi connectivity index (χ2n) is 8.11. The van der Waals surface area contributed by atoms with Crippen molar-refractivity contribution in [1.82, 2.24) is 10.2 Å². The first-order valence-corrected chi connectivity index (χ1v) is 17.4. The number of nitrogens with one attached hydrogen (secondary N) is 1. The van der Waals surface area contributed by atoms with Gasteiger partial charge in [-0.2, -0.15) is 0 Å². The van der Waals surface area contributed by atoms with Crippen LogP contribution >= 0.6 is 27.5 Å². The van der Waals surface area contributed by atoms with Crippen LogP contribution in [-0.4, -0.2) is 140 Å². The summed E-state index contributed by atoms with van der Waals surface area (Å²) < 4.78 is 31.0. The molecule has 52 heavy (non-hydrogen) atoms. The zero-order chi connectivity index (χ0) is 39.4. The number of halogens is 2. The number of ether oxygens (including phenoxy) is 6. The monoisotopic (exact) mass is 883 g/mol. The standard InChI is InChI=1S/C12H21NO3.C9H19NO2.C6H13BrO2.C3H3ClO.C3H7N.CH2O3.2K.H/c1-4-7-13(12(14)5-2)8-9-16-11-10-15-6-3;1-3-5-10-6-7-12-9-8-11-4-2;1-2-8-5-6-9-4-3-7;1-2-3(4)5;1-2-3-4;2-1-4-3;;;/h4-5H,1-2,6-11H2,3H3;3,10H,1,4-9H2,2H3;2-6H2,1H3;2H,1H2;2H,1,3-4H2;1,3H;;;/q;;;;;;2*+1;-1/p-1. The molecule has 0 bridgehead atoms. The fourth-order valence-corrected chi connectivity index (χ4v) is 2.48. The van der Waals surface area contributed by atoms with Crippen molar-refractivity contribution in [2.24, 2.45) is 5.73 Å². The number of carbonyl (C=O) groups excluding carboxylic acids is 3. The number of rotatable bonds is 28. The molecule has 0 saturated heterocycles. The Morgan fingerprint density at radius 3 is 1.48 bits per heavy atom. The van der Waals surface area contributed by atoms with Crippen LogP contribution in [0.2, 0.25) is 0 Å². The molecule has 0 spiro atoms. The molecule has 0 aromatic heterocycles. The molecule has 14 nitrogen and oxygen atoms in total. The molecule has 0 heterocycles. The van der Waals surface area contributed by atoms with E-state index in [2.05, 4.69) is 59.0 Å². The minimum atomic E-state index is -0.509. The maximum absolute atomic E-state index is 11.3. The maximum atomic E-state index is 11.3. The second kappa shape index (κ2) is 76.7. The van der Waals surface area contributed by atoms with E-state index >= 15 is 0 Å². The largest absolute Gasteiger partial charge is 1.00 e. The van der Waals surface area contributed by atoms with Crippen molar-refractivity contribution in [3.63, 3.8) is 0 Å². The fourth-order valence-electron chi connectivity index (χ4n) is 2.25. The van der Waals surface area contributed by atoms with Crippen LogP contribution in [-0.2, 0) is 47.7 Å². The molecule has 0 atom stereocenters. The molecule has 0 rings (SSSR count). The van der Waals surface area contributed by atoms with Gasteiger partial charge in [0.1, 0.15) is 0 Å². The Morgan fingerprint density at radius 1 is 0.769 bits per heavy atom. The molecule has 0 unspecified atom stereocenters. The van der Waals surface area contributed by atoms with Gasteiger partial charge in [0.2, 0.25) is 11.1 Å². The summed E-state index contributed by atoms with van der Waals surface area (Å²) in [6, 6.07) is 0.